The van der Waals surface area contributed by atoms with E-state index in [0.717, 1.165) is 11.6 Å². The van der Waals surface area contributed by atoms with Crippen molar-refractivity contribution in [1.82, 2.24) is 5.32 Å². The zero-order chi connectivity index (χ0) is 33.0. The second kappa shape index (κ2) is 13.3. The second-order valence-corrected chi connectivity index (χ2v) is 10.5. The van der Waals surface area contributed by atoms with Crippen molar-refractivity contribution in [3.8, 4) is 28.4 Å². The third-order valence-corrected chi connectivity index (χ3v) is 7.24. The third kappa shape index (κ3) is 7.22. The topological polar surface area (TPSA) is 113 Å². The minimum atomic E-state index is -5.05. The molecular weight excluding hydrogens is 619 g/mol. The molecular formula is C35H26F3NO8. The lowest BCUT2D eigenvalue weighted by molar-refractivity contribution is -0.152. The summed E-state index contributed by atoms with van der Waals surface area (Å²) in [6, 6.07) is 24.0. The number of benzene rings is 4. The Morgan fingerprint density at radius 1 is 0.830 bits per heavy atom. The molecule has 6 rings (SSSR count). The number of carbonyl (C=O) groups excluding carboxylic acids is 2. The number of nitrogens with one attached hydrogen (secondary N) is 1. The van der Waals surface area contributed by atoms with E-state index < -0.39 is 46.6 Å². The van der Waals surface area contributed by atoms with Crippen molar-refractivity contribution in [2.45, 2.75) is 25.2 Å². The van der Waals surface area contributed by atoms with Crippen LogP contribution in [0.15, 0.2) is 106 Å². The van der Waals surface area contributed by atoms with Gasteiger partial charge < -0.3 is 28.7 Å². The average Bonchev–Trinajstić information content (AvgIpc) is 3.07. The highest BCUT2D eigenvalue weighted by atomic mass is 19.4. The molecule has 0 unspecified atom stereocenters. The van der Waals surface area contributed by atoms with Crippen molar-refractivity contribution in [3.63, 3.8) is 0 Å². The monoisotopic (exact) mass is 645 g/mol. The Balaban J connectivity index is 1.28. The summed E-state index contributed by atoms with van der Waals surface area (Å²) in [5.74, 6) is -2.11. The van der Waals surface area contributed by atoms with Gasteiger partial charge in [-0.2, -0.15) is 13.2 Å². The van der Waals surface area contributed by atoms with E-state index in [2.05, 4.69) is 5.32 Å². The summed E-state index contributed by atoms with van der Waals surface area (Å²) < 4.78 is 69.8. The molecule has 1 N–H and O–H groups in total. The van der Waals surface area contributed by atoms with Gasteiger partial charge >= 0.3 is 18.2 Å². The van der Waals surface area contributed by atoms with Crippen LogP contribution in [0.25, 0.3) is 22.1 Å². The quantitative estimate of drug-likeness (QED) is 0.147. The van der Waals surface area contributed by atoms with Gasteiger partial charge in [-0.25, -0.2) is 9.59 Å². The normalized spacial score (nSPS) is 13.1. The van der Waals surface area contributed by atoms with Gasteiger partial charge in [0, 0.05) is 12.5 Å². The predicted molar refractivity (Wildman–Crippen MR) is 163 cm³/mol. The van der Waals surface area contributed by atoms with Crippen LogP contribution in [0.3, 0.4) is 0 Å². The zero-order valence-electron chi connectivity index (χ0n) is 24.5. The molecule has 0 saturated carbocycles. The maximum absolute atomic E-state index is 14.3. The third-order valence-electron chi connectivity index (χ3n) is 7.24. The fourth-order valence-corrected chi connectivity index (χ4v) is 5.04. The average molecular weight is 646 g/mol. The molecule has 9 nitrogen and oxygen atoms in total. The maximum Gasteiger partial charge on any atom is 0.450 e. The van der Waals surface area contributed by atoms with Crippen molar-refractivity contribution in [1.29, 1.82) is 0 Å². The molecule has 0 spiro atoms. The minimum absolute atomic E-state index is 0.0277. The number of ether oxygens (including phenoxy) is 4. The van der Waals surface area contributed by atoms with Crippen LogP contribution in [0.2, 0.25) is 0 Å². The first kappa shape index (κ1) is 31.2. The number of rotatable bonds is 8. The maximum atomic E-state index is 14.3. The van der Waals surface area contributed by atoms with E-state index in [-0.39, 0.29) is 48.7 Å². The van der Waals surface area contributed by atoms with E-state index in [4.69, 9.17) is 23.4 Å². The number of hydrogen-bond donors (Lipinski definition) is 1. The van der Waals surface area contributed by atoms with Crippen LogP contribution in [-0.2, 0) is 28.7 Å². The molecule has 1 atom stereocenters. The molecule has 4 aromatic carbocycles. The largest absolute Gasteiger partial charge is 0.486 e. The molecule has 5 aromatic rings. The molecule has 1 aromatic heterocycles. The SMILES string of the molecule is O=C(N[C@H](Cc1ccccc1)C(=O)Oc1ccc2c(=O)c(-c3ccc4c(c3)OCCO4)c(C(F)(F)F)oc2c1)OCc1ccccc1. The summed E-state index contributed by atoms with van der Waals surface area (Å²) >= 11 is 0. The van der Waals surface area contributed by atoms with Gasteiger partial charge in [-0.05, 0) is 41.0 Å². The van der Waals surface area contributed by atoms with E-state index >= 15 is 0 Å². The summed E-state index contributed by atoms with van der Waals surface area (Å²) in [7, 11) is 0. The molecule has 47 heavy (non-hydrogen) atoms. The fourth-order valence-electron chi connectivity index (χ4n) is 5.04. The van der Waals surface area contributed by atoms with Crippen molar-refractivity contribution >= 4 is 23.0 Å². The van der Waals surface area contributed by atoms with Gasteiger partial charge in [0.15, 0.2) is 11.5 Å². The summed E-state index contributed by atoms with van der Waals surface area (Å²) in [4.78, 5) is 39.5. The molecule has 0 radical (unpaired) electrons. The van der Waals surface area contributed by atoms with E-state index in [0.29, 0.717) is 11.3 Å². The lowest BCUT2D eigenvalue weighted by Crippen LogP contribution is -2.44. The van der Waals surface area contributed by atoms with E-state index in [1.54, 1.807) is 54.6 Å². The number of hydrogen-bond acceptors (Lipinski definition) is 8. The second-order valence-electron chi connectivity index (χ2n) is 10.5. The van der Waals surface area contributed by atoms with Crippen molar-refractivity contribution in [2.24, 2.45) is 0 Å². The van der Waals surface area contributed by atoms with Gasteiger partial charge in [-0.1, -0.05) is 66.7 Å². The number of amides is 1. The Hall–Kier alpha value is -5.78. The first-order valence-corrected chi connectivity index (χ1v) is 14.5. The van der Waals surface area contributed by atoms with Gasteiger partial charge in [-0.3, -0.25) is 4.79 Å². The van der Waals surface area contributed by atoms with Crippen molar-refractivity contribution < 1.29 is 46.1 Å². The van der Waals surface area contributed by atoms with Crippen LogP contribution < -0.4 is 25.0 Å². The highest BCUT2D eigenvalue weighted by Gasteiger charge is 2.40. The molecule has 2 heterocycles. The fraction of sp³-hybridized carbons (Fsp3) is 0.171. The molecule has 0 aliphatic carbocycles. The van der Waals surface area contributed by atoms with Crippen LogP contribution in [-0.4, -0.2) is 31.3 Å². The molecule has 0 fully saturated rings. The van der Waals surface area contributed by atoms with Crippen molar-refractivity contribution in [2.75, 3.05) is 13.2 Å². The summed E-state index contributed by atoms with van der Waals surface area (Å²) in [5, 5.41) is 2.33. The molecule has 240 valence electrons. The van der Waals surface area contributed by atoms with E-state index in [9.17, 15) is 27.6 Å². The highest BCUT2D eigenvalue weighted by molar-refractivity contribution is 5.87. The van der Waals surface area contributed by atoms with Gasteiger partial charge in [0.25, 0.3) is 0 Å². The van der Waals surface area contributed by atoms with Crippen LogP contribution in [0.1, 0.15) is 16.9 Å². The first-order valence-electron chi connectivity index (χ1n) is 14.5. The smallest absolute Gasteiger partial charge is 0.450 e. The molecule has 1 aliphatic rings. The highest BCUT2D eigenvalue weighted by Crippen LogP contribution is 2.40. The molecule has 0 bridgehead atoms. The zero-order valence-corrected chi connectivity index (χ0v) is 24.5. The summed E-state index contributed by atoms with van der Waals surface area (Å²) in [5.41, 5.74) is -0.738. The Morgan fingerprint density at radius 3 is 2.21 bits per heavy atom. The van der Waals surface area contributed by atoms with Crippen molar-refractivity contribution in [3.05, 3.63) is 124 Å². The number of alkyl carbamates (subject to hydrolysis) is 1. The molecule has 0 saturated heterocycles. The van der Waals surface area contributed by atoms with Gasteiger partial charge in [-0.15, -0.1) is 0 Å². The standard InChI is InChI=1S/C35H26F3NO8/c36-35(37,38)32-30(23-11-14-27-29(18-23)44-16-15-43-27)31(40)25-13-12-24(19-28(25)47-32)46-33(41)26(17-21-7-3-1-4-8-21)39-34(42)45-20-22-9-5-2-6-10-22/h1-14,18-19,26H,15-17,20H2,(H,39,42)/t26-/m1/s1. The Bertz CT molecular complexity index is 1980. The summed E-state index contributed by atoms with van der Waals surface area (Å²) in [6.45, 7) is 0.443. The van der Waals surface area contributed by atoms with Crippen LogP contribution in [0, 0.1) is 0 Å². The minimum Gasteiger partial charge on any atom is -0.486 e. The van der Waals surface area contributed by atoms with E-state index in [1.807, 2.05) is 6.07 Å². The molecule has 1 amide bonds. The van der Waals surface area contributed by atoms with Gasteiger partial charge in [0.1, 0.15) is 37.2 Å². The van der Waals surface area contributed by atoms with Gasteiger partial charge in [0.05, 0.1) is 10.9 Å². The van der Waals surface area contributed by atoms with Gasteiger partial charge in [0.2, 0.25) is 11.2 Å². The Morgan fingerprint density at radius 2 is 1.51 bits per heavy atom. The predicted octanol–water partition coefficient (Wildman–Crippen LogP) is 6.69. The van der Waals surface area contributed by atoms with E-state index in [1.165, 1.54) is 30.3 Å². The lowest BCUT2D eigenvalue weighted by atomic mass is 10.0. The van der Waals surface area contributed by atoms with Crippen LogP contribution in [0.5, 0.6) is 17.2 Å². The number of halogens is 3. The number of carbonyl (C=O) groups is 2. The van der Waals surface area contributed by atoms with Crippen LogP contribution in [0.4, 0.5) is 18.0 Å². The number of alkyl halides is 3. The number of esters is 1. The molecule has 1 aliphatic heterocycles. The molecule has 12 heteroatoms. The Kier molecular flexibility index (Phi) is 8.83. The Labute approximate surface area is 265 Å². The van der Waals surface area contributed by atoms with Crippen LogP contribution >= 0.6 is 0 Å². The lowest BCUT2D eigenvalue weighted by Gasteiger charge is -2.20. The first-order chi connectivity index (χ1) is 22.7. The summed E-state index contributed by atoms with van der Waals surface area (Å²) in [6.07, 6.45) is -5.90. The number of fused-ring (bicyclic) bond motifs is 2.